The lowest BCUT2D eigenvalue weighted by Crippen LogP contribution is -2.49. The number of rotatable bonds is 9. The highest BCUT2D eigenvalue weighted by atomic mass is 16.2. The SMILES string of the molecule is CCN(CC)C(=O)CCC(=O)NCC(N)(CC)CC. The molecule has 0 aliphatic carbocycles. The summed E-state index contributed by atoms with van der Waals surface area (Å²) >= 11 is 0. The molecule has 0 aliphatic heterocycles. The van der Waals surface area contributed by atoms with Crippen LogP contribution in [0.2, 0.25) is 0 Å². The number of nitrogens with one attached hydrogen (secondary N) is 1. The molecular weight excluding hydrogens is 242 g/mol. The zero-order valence-corrected chi connectivity index (χ0v) is 12.8. The van der Waals surface area contributed by atoms with Gasteiger partial charge in [-0.15, -0.1) is 0 Å². The first kappa shape index (κ1) is 17.9. The molecule has 0 aromatic heterocycles. The Labute approximate surface area is 116 Å². The van der Waals surface area contributed by atoms with E-state index in [0.717, 1.165) is 12.8 Å². The van der Waals surface area contributed by atoms with E-state index < -0.39 is 0 Å². The Morgan fingerprint density at radius 1 is 1.05 bits per heavy atom. The quantitative estimate of drug-likeness (QED) is 0.663. The minimum Gasteiger partial charge on any atom is -0.354 e. The predicted molar refractivity (Wildman–Crippen MR) is 77.7 cm³/mol. The fourth-order valence-corrected chi connectivity index (χ4v) is 1.82. The average molecular weight is 271 g/mol. The van der Waals surface area contributed by atoms with Gasteiger partial charge in [-0.1, -0.05) is 13.8 Å². The van der Waals surface area contributed by atoms with Gasteiger partial charge in [0.1, 0.15) is 0 Å². The van der Waals surface area contributed by atoms with E-state index in [-0.39, 0.29) is 30.2 Å². The Morgan fingerprint density at radius 2 is 1.58 bits per heavy atom. The lowest BCUT2D eigenvalue weighted by molar-refractivity contribution is -0.133. The Hall–Kier alpha value is -1.10. The van der Waals surface area contributed by atoms with Gasteiger partial charge >= 0.3 is 0 Å². The summed E-state index contributed by atoms with van der Waals surface area (Å²) < 4.78 is 0. The molecule has 0 aromatic carbocycles. The van der Waals surface area contributed by atoms with Gasteiger partial charge in [0.2, 0.25) is 11.8 Å². The Kier molecular flexibility index (Phi) is 8.39. The molecule has 0 fully saturated rings. The number of carbonyl (C=O) groups is 2. The molecule has 0 saturated carbocycles. The van der Waals surface area contributed by atoms with Crippen molar-refractivity contribution in [2.75, 3.05) is 19.6 Å². The van der Waals surface area contributed by atoms with Crippen LogP contribution in [-0.2, 0) is 9.59 Å². The van der Waals surface area contributed by atoms with Crippen LogP contribution in [0.5, 0.6) is 0 Å². The molecule has 0 spiro atoms. The third-order valence-electron chi connectivity index (χ3n) is 3.73. The summed E-state index contributed by atoms with van der Waals surface area (Å²) in [6.45, 7) is 9.75. The Morgan fingerprint density at radius 3 is 2.00 bits per heavy atom. The van der Waals surface area contributed by atoms with Gasteiger partial charge in [-0.3, -0.25) is 9.59 Å². The van der Waals surface area contributed by atoms with Gasteiger partial charge in [0.25, 0.3) is 0 Å². The molecule has 0 saturated heterocycles. The van der Waals surface area contributed by atoms with Crippen molar-refractivity contribution in [2.24, 2.45) is 5.73 Å². The van der Waals surface area contributed by atoms with E-state index in [4.69, 9.17) is 5.73 Å². The van der Waals surface area contributed by atoms with Crippen molar-refractivity contribution in [3.63, 3.8) is 0 Å². The second kappa shape index (κ2) is 8.91. The van der Waals surface area contributed by atoms with Crippen LogP contribution >= 0.6 is 0 Å². The number of nitrogens with zero attached hydrogens (tertiary/aromatic N) is 1. The Balaban J connectivity index is 4.03. The number of hydrogen-bond donors (Lipinski definition) is 2. The highest BCUT2D eigenvalue weighted by Gasteiger charge is 2.21. The first-order valence-electron chi connectivity index (χ1n) is 7.25. The maximum Gasteiger partial charge on any atom is 0.223 e. The summed E-state index contributed by atoms with van der Waals surface area (Å²) in [5.41, 5.74) is 5.77. The molecule has 112 valence electrons. The molecule has 0 aromatic rings. The van der Waals surface area contributed by atoms with Crippen molar-refractivity contribution in [1.82, 2.24) is 10.2 Å². The fraction of sp³-hybridized carbons (Fsp3) is 0.857. The first-order chi connectivity index (χ1) is 8.92. The van der Waals surface area contributed by atoms with Crippen LogP contribution in [0, 0.1) is 0 Å². The zero-order valence-electron chi connectivity index (χ0n) is 12.8. The molecule has 0 atom stereocenters. The number of amides is 2. The topological polar surface area (TPSA) is 75.4 Å². The van der Waals surface area contributed by atoms with Gasteiger partial charge in [0.15, 0.2) is 0 Å². The van der Waals surface area contributed by atoms with Crippen molar-refractivity contribution < 1.29 is 9.59 Å². The molecule has 0 unspecified atom stereocenters. The summed E-state index contributed by atoms with van der Waals surface area (Å²) in [7, 11) is 0. The van der Waals surface area contributed by atoms with E-state index >= 15 is 0 Å². The first-order valence-corrected chi connectivity index (χ1v) is 7.25. The molecule has 5 heteroatoms. The number of carbonyl (C=O) groups excluding carboxylic acids is 2. The van der Waals surface area contributed by atoms with Gasteiger partial charge in [0, 0.05) is 38.0 Å². The largest absolute Gasteiger partial charge is 0.354 e. The van der Waals surface area contributed by atoms with Crippen LogP contribution < -0.4 is 11.1 Å². The van der Waals surface area contributed by atoms with Crippen molar-refractivity contribution >= 4 is 11.8 Å². The third kappa shape index (κ3) is 6.57. The lowest BCUT2D eigenvalue weighted by Gasteiger charge is -2.26. The molecule has 0 aliphatic rings. The van der Waals surface area contributed by atoms with Crippen LogP contribution in [0.1, 0.15) is 53.4 Å². The maximum absolute atomic E-state index is 11.7. The molecule has 0 heterocycles. The van der Waals surface area contributed by atoms with Crippen LogP contribution in [0.3, 0.4) is 0 Å². The van der Waals surface area contributed by atoms with Crippen molar-refractivity contribution in [1.29, 1.82) is 0 Å². The van der Waals surface area contributed by atoms with Crippen LogP contribution in [-0.4, -0.2) is 41.9 Å². The van der Waals surface area contributed by atoms with Crippen molar-refractivity contribution in [3.8, 4) is 0 Å². The number of nitrogens with two attached hydrogens (primary N) is 1. The molecule has 0 rings (SSSR count). The molecule has 0 bridgehead atoms. The fourth-order valence-electron chi connectivity index (χ4n) is 1.82. The second-order valence-electron chi connectivity index (χ2n) is 4.91. The van der Waals surface area contributed by atoms with Crippen molar-refractivity contribution in [3.05, 3.63) is 0 Å². The molecule has 3 N–H and O–H groups in total. The smallest absolute Gasteiger partial charge is 0.223 e. The lowest BCUT2D eigenvalue weighted by atomic mass is 9.94. The van der Waals surface area contributed by atoms with E-state index in [2.05, 4.69) is 5.32 Å². The minimum atomic E-state index is -0.335. The predicted octanol–water partition coefficient (Wildman–Crippen LogP) is 1.27. The highest BCUT2D eigenvalue weighted by molar-refractivity contribution is 5.83. The zero-order chi connectivity index (χ0) is 14.9. The summed E-state index contributed by atoms with van der Waals surface area (Å²) in [6.07, 6.45) is 2.15. The summed E-state index contributed by atoms with van der Waals surface area (Å²) in [5, 5.41) is 2.82. The van der Waals surface area contributed by atoms with E-state index in [0.29, 0.717) is 19.6 Å². The highest BCUT2D eigenvalue weighted by Crippen LogP contribution is 2.09. The Bertz CT molecular complexity index is 284. The van der Waals surface area contributed by atoms with Gasteiger partial charge in [0.05, 0.1) is 0 Å². The van der Waals surface area contributed by atoms with Gasteiger partial charge in [-0.2, -0.15) is 0 Å². The number of hydrogen-bond acceptors (Lipinski definition) is 3. The molecule has 2 amide bonds. The van der Waals surface area contributed by atoms with Crippen LogP contribution in [0.4, 0.5) is 0 Å². The van der Waals surface area contributed by atoms with Gasteiger partial charge in [-0.25, -0.2) is 0 Å². The summed E-state index contributed by atoms with van der Waals surface area (Å²) in [4.78, 5) is 25.2. The third-order valence-corrected chi connectivity index (χ3v) is 3.73. The molecule has 0 radical (unpaired) electrons. The van der Waals surface area contributed by atoms with Gasteiger partial charge < -0.3 is 16.0 Å². The van der Waals surface area contributed by atoms with E-state index in [1.165, 1.54) is 0 Å². The van der Waals surface area contributed by atoms with E-state index in [1.807, 2.05) is 27.7 Å². The standard InChI is InChI=1S/C14H29N3O2/c1-5-14(15,6-2)11-16-12(18)9-10-13(19)17(7-3)8-4/h5-11,15H2,1-4H3,(H,16,18). The van der Waals surface area contributed by atoms with Crippen LogP contribution in [0.15, 0.2) is 0 Å². The molecule has 19 heavy (non-hydrogen) atoms. The molecule has 5 nitrogen and oxygen atoms in total. The normalized spacial score (nSPS) is 11.2. The summed E-state index contributed by atoms with van der Waals surface area (Å²) in [6, 6.07) is 0. The molecular formula is C14H29N3O2. The monoisotopic (exact) mass is 271 g/mol. The maximum atomic E-state index is 11.7. The summed E-state index contributed by atoms with van der Waals surface area (Å²) in [5.74, 6) is -0.0672. The minimum absolute atomic E-state index is 0.0325. The van der Waals surface area contributed by atoms with Gasteiger partial charge in [-0.05, 0) is 26.7 Å². The van der Waals surface area contributed by atoms with E-state index in [9.17, 15) is 9.59 Å². The average Bonchev–Trinajstić information content (AvgIpc) is 2.43. The second-order valence-corrected chi connectivity index (χ2v) is 4.91. The van der Waals surface area contributed by atoms with E-state index in [1.54, 1.807) is 4.90 Å². The van der Waals surface area contributed by atoms with Crippen LogP contribution in [0.25, 0.3) is 0 Å². The van der Waals surface area contributed by atoms with Crippen molar-refractivity contribution in [2.45, 2.75) is 58.9 Å².